The van der Waals surface area contributed by atoms with E-state index >= 15 is 0 Å². The van der Waals surface area contributed by atoms with E-state index in [-0.39, 0.29) is 6.10 Å². The van der Waals surface area contributed by atoms with Gasteiger partial charge in [-0.15, -0.1) is 11.3 Å². The van der Waals surface area contributed by atoms with Crippen molar-refractivity contribution in [2.24, 2.45) is 0 Å². The third-order valence-electron chi connectivity index (χ3n) is 3.41. The second-order valence-corrected chi connectivity index (χ2v) is 6.06. The highest BCUT2D eigenvalue weighted by Crippen LogP contribution is 2.32. The Hall–Kier alpha value is -1.40. The fraction of sp³-hybridized carbons (Fsp3) is 0.538. The van der Waals surface area contributed by atoms with Gasteiger partial charge in [0.1, 0.15) is 10.6 Å². The largest absolute Gasteiger partial charge is 0.375 e. The Morgan fingerprint density at radius 2 is 2.37 bits per heavy atom. The lowest BCUT2D eigenvalue weighted by atomic mass is 10.2. The van der Waals surface area contributed by atoms with Crippen LogP contribution in [0.4, 0.5) is 11.8 Å². The molecule has 0 spiro atoms. The van der Waals surface area contributed by atoms with E-state index in [9.17, 15) is 0 Å². The number of anilines is 2. The Labute approximate surface area is 116 Å². The minimum absolute atomic E-state index is 0.278. The number of nitrogens with two attached hydrogens (primary N) is 1. The molecule has 0 saturated carbocycles. The highest BCUT2D eigenvalue weighted by Gasteiger charge is 2.23. The Morgan fingerprint density at radius 1 is 1.53 bits per heavy atom. The van der Waals surface area contributed by atoms with E-state index in [0.29, 0.717) is 5.95 Å². The summed E-state index contributed by atoms with van der Waals surface area (Å²) in [5.74, 6) is 1.30. The first-order chi connectivity index (χ1) is 9.17. The van der Waals surface area contributed by atoms with E-state index in [1.165, 1.54) is 4.88 Å². The second kappa shape index (κ2) is 4.94. The third-order valence-corrected chi connectivity index (χ3v) is 4.35. The van der Waals surface area contributed by atoms with Gasteiger partial charge in [0.15, 0.2) is 0 Å². The molecule has 1 fully saturated rings. The van der Waals surface area contributed by atoms with Gasteiger partial charge >= 0.3 is 0 Å². The Kier molecular flexibility index (Phi) is 3.28. The lowest BCUT2D eigenvalue weighted by molar-refractivity contribution is 0.0383. The molecule has 2 aromatic heterocycles. The van der Waals surface area contributed by atoms with E-state index in [0.717, 1.165) is 42.2 Å². The van der Waals surface area contributed by atoms with Crippen LogP contribution >= 0.6 is 11.3 Å². The molecule has 3 rings (SSSR count). The van der Waals surface area contributed by atoms with Crippen molar-refractivity contribution in [1.29, 1.82) is 0 Å². The molecule has 19 heavy (non-hydrogen) atoms. The molecule has 3 heterocycles. The van der Waals surface area contributed by atoms with Crippen LogP contribution in [-0.4, -0.2) is 35.8 Å². The van der Waals surface area contributed by atoms with Crippen molar-refractivity contribution >= 4 is 33.3 Å². The quantitative estimate of drug-likeness (QED) is 0.912. The van der Waals surface area contributed by atoms with E-state index in [1.807, 2.05) is 0 Å². The number of nitrogen functional groups attached to an aromatic ring is 1. The van der Waals surface area contributed by atoms with Gasteiger partial charge in [-0.2, -0.15) is 4.98 Å². The maximum atomic E-state index is 5.83. The highest BCUT2D eigenvalue weighted by molar-refractivity contribution is 7.18. The van der Waals surface area contributed by atoms with Crippen LogP contribution in [0.5, 0.6) is 0 Å². The fourth-order valence-electron chi connectivity index (χ4n) is 2.44. The number of thiophene rings is 1. The summed E-state index contributed by atoms with van der Waals surface area (Å²) >= 11 is 1.66. The molecule has 1 aliphatic heterocycles. The van der Waals surface area contributed by atoms with Gasteiger partial charge in [0, 0.05) is 18.0 Å². The van der Waals surface area contributed by atoms with Crippen LogP contribution in [0.15, 0.2) is 6.07 Å². The second-order valence-electron chi connectivity index (χ2n) is 4.83. The molecule has 2 N–H and O–H groups in total. The molecule has 1 atom stereocenters. The summed E-state index contributed by atoms with van der Waals surface area (Å²) < 4.78 is 5.71. The zero-order chi connectivity index (χ0) is 13.4. The van der Waals surface area contributed by atoms with E-state index in [2.05, 4.69) is 34.8 Å². The molecule has 0 aliphatic carbocycles. The molecule has 1 aliphatic rings. The first kappa shape index (κ1) is 12.6. The van der Waals surface area contributed by atoms with Crippen LogP contribution < -0.4 is 10.6 Å². The molecule has 1 unspecified atom stereocenters. The fourth-order valence-corrected chi connectivity index (χ4v) is 3.32. The monoisotopic (exact) mass is 278 g/mol. The maximum Gasteiger partial charge on any atom is 0.223 e. The third kappa shape index (κ3) is 2.37. The predicted molar refractivity (Wildman–Crippen MR) is 78.8 cm³/mol. The van der Waals surface area contributed by atoms with Crippen molar-refractivity contribution in [3.05, 3.63) is 10.9 Å². The van der Waals surface area contributed by atoms with Gasteiger partial charge in [0.2, 0.25) is 5.95 Å². The Bertz CT molecular complexity index is 598. The van der Waals surface area contributed by atoms with E-state index in [1.54, 1.807) is 11.3 Å². The van der Waals surface area contributed by atoms with Crippen LogP contribution in [0.2, 0.25) is 0 Å². The molecule has 0 bridgehead atoms. The summed E-state index contributed by atoms with van der Waals surface area (Å²) in [5.41, 5.74) is 5.83. The van der Waals surface area contributed by atoms with Crippen molar-refractivity contribution in [2.45, 2.75) is 26.4 Å². The maximum absolute atomic E-state index is 5.83. The lowest BCUT2D eigenvalue weighted by Gasteiger charge is -2.33. The van der Waals surface area contributed by atoms with Gasteiger partial charge in [-0.05, 0) is 19.4 Å². The number of rotatable bonds is 2. The lowest BCUT2D eigenvalue weighted by Crippen LogP contribution is -2.42. The molecular weight excluding hydrogens is 260 g/mol. The van der Waals surface area contributed by atoms with Gasteiger partial charge in [-0.25, -0.2) is 4.98 Å². The molecule has 0 amide bonds. The summed E-state index contributed by atoms with van der Waals surface area (Å²) in [7, 11) is 0. The van der Waals surface area contributed by atoms with Crippen LogP contribution in [0.25, 0.3) is 10.2 Å². The van der Waals surface area contributed by atoms with Gasteiger partial charge in [-0.1, -0.05) is 6.92 Å². The number of hydrogen-bond acceptors (Lipinski definition) is 6. The molecule has 1 saturated heterocycles. The minimum Gasteiger partial charge on any atom is -0.375 e. The van der Waals surface area contributed by atoms with Gasteiger partial charge in [0.25, 0.3) is 0 Å². The first-order valence-corrected chi connectivity index (χ1v) is 7.39. The summed E-state index contributed by atoms with van der Waals surface area (Å²) in [6.45, 7) is 6.70. The van der Waals surface area contributed by atoms with Crippen molar-refractivity contribution in [2.75, 3.05) is 30.3 Å². The normalized spacial score (nSPS) is 20.1. The average molecular weight is 278 g/mol. The smallest absolute Gasteiger partial charge is 0.223 e. The number of morpholine rings is 1. The Morgan fingerprint density at radius 3 is 3.16 bits per heavy atom. The standard InChI is InChI=1S/C13H18N4OS/c1-3-9-7-17(4-5-18-9)11-10-6-8(2)19-12(10)16-13(14)15-11/h6,9H,3-5,7H2,1-2H3,(H2,14,15,16). The Balaban J connectivity index is 2.03. The van der Waals surface area contributed by atoms with Crippen LogP contribution in [0, 0.1) is 6.92 Å². The van der Waals surface area contributed by atoms with E-state index < -0.39 is 0 Å². The van der Waals surface area contributed by atoms with Gasteiger partial charge < -0.3 is 15.4 Å². The zero-order valence-corrected chi connectivity index (χ0v) is 12.0. The van der Waals surface area contributed by atoms with Crippen molar-refractivity contribution in [1.82, 2.24) is 9.97 Å². The van der Waals surface area contributed by atoms with Crippen molar-refractivity contribution in [3.8, 4) is 0 Å². The molecule has 0 radical (unpaired) electrons. The van der Waals surface area contributed by atoms with Crippen LogP contribution in [-0.2, 0) is 4.74 Å². The molecule has 5 nitrogen and oxygen atoms in total. The number of aromatic nitrogens is 2. The minimum atomic E-state index is 0.278. The van der Waals surface area contributed by atoms with Gasteiger partial charge in [0.05, 0.1) is 18.1 Å². The molecular formula is C13H18N4OS. The summed E-state index contributed by atoms with van der Waals surface area (Å²) in [5, 5.41) is 1.11. The molecule has 6 heteroatoms. The summed E-state index contributed by atoms with van der Waals surface area (Å²) in [6.07, 6.45) is 1.29. The SMILES string of the molecule is CCC1CN(c2nc(N)nc3sc(C)cc23)CCO1. The van der Waals surface area contributed by atoms with Crippen LogP contribution in [0.1, 0.15) is 18.2 Å². The molecule has 2 aromatic rings. The number of nitrogens with zero attached hydrogens (tertiary/aromatic N) is 3. The van der Waals surface area contributed by atoms with Crippen molar-refractivity contribution in [3.63, 3.8) is 0 Å². The van der Waals surface area contributed by atoms with E-state index in [4.69, 9.17) is 10.5 Å². The molecule has 102 valence electrons. The number of aryl methyl sites for hydroxylation is 1. The van der Waals surface area contributed by atoms with Crippen molar-refractivity contribution < 1.29 is 4.74 Å². The first-order valence-electron chi connectivity index (χ1n) is 6.57. The highest BCUT2D eigenvalue weighted by atomic mass is 32.1. The number of ether oxygens (including phenoxy) is 1. The van der Waals surface area contributed by atoms with Gasteiger partial charge in [-0.3, -0.25) is 0 Å². The van der Waals surface area contributed by atoms with Crippen LogP contribution in [0.3, 0.4) is 0 Å². The topological polar surface area (TPSA) is 64.3 Å². The average Bonchev–Trinajstić information content (AvgIpc) is 2.78. The number of hydrogen-bond donors (Lipinski definition) is 1. The predicted octanol–water partition coefficient (Wildman–Crippen LogP) is 2.20. The summed E-state index contributed by atoms with van der Waals surface area (Å²) in [6, 6.07) is 2.14. The number of fused-ring (bicyclic) bond motifs is 1. The zero-order valence-electron chi connectivity index (χ0n) is 11.2. The molecule has 0 aromatic carbocycles. The summed E-state index contributed by atoms with van der Waals surface area (Å²) in [4.78, 5) is 13.2.